The standard InChI is InChI=1S/C18H17ClFNO3/c1-24-18(23)11-16(13-4-6-14(19)7-5-13)21-17(22)10-12-2-8-15(20)9-3-12/h2-9,16H,10-11H2,1H3,(H,21,22). The van der Waals surface area contributed by atoms with Gasteiger partial charge in [-0.1, -0.05) is 35.9 Å². The number of carbonyl (C=O) groups excluding carboxylic acids is 2. The highest BCUT2D eigenvalue weighted by atomic mass is 35.5. The second-order valence-corrected chi connectivity index (χ2v) is 5.69. The van der Waals surface area contributed by atoms with Gasteiger partial charge in [-0.3, -0.25) is 9.59 Å². The van der Waals surface area contributed by atoms with Gasteiger partial charge in [-0.2, -0.15) is 0 Å². The summed E-state index contributed by atoms with van der Waals surface area (Å²) in [5, 5.41) is 3.37. The molecule has 0 fully saturated rings. The van der Waals surface area contributed by atoms with Gasteiger partial charge < -0.3 is 10.1 Å². The predicted molar refractivity (Wildman–Crippen MR) is 89.1 cm³/mol. The van der Waals surface area contributed by atoms with Gasteiger partial charge in [0.1, 0.15) is 5.82 Å². The summed E-state index contributed by atoms with van der Waals surface area (Å²) in [5.41, 5.74) is 1.43. The molecule has 0 aliphatic rings. The molecule has 1 N–H and O–H groups in total. The number of ether oxygens (including phenoxy) is 1. The molecule has 1 atom stereocenters. The molecule has 0 aromatic heterocycles. The van der Waals surface area contributed by atoms with E-state index in [4.69, 9.17) is 11.6 Å². The van der Waals surface area contributed by atoms with Crippen molar-refractivity contribution in [2.24, 2.45) is 0 Å². The zero-order valence-electron chi connectivity index (χ0n) is 13.1. The zero-order valence-corrected chi connectivity index (χ0v) is 13.8. The fourth-order valence-corrected chi connectivity index (χ4v) is 2.36. The van der Waals surface area contributed by atoms with E-state index in [1.807, 2.05) is 0 Å². The minimum absolute atomic E-state index is 0.00723. The summed E-state index contributed by atoms with van der Waals surface area (Å²) >= 11 is 5.87. The van der Waals surface area contributed by atoms with Crippen molar-refractivity contribution in [3.8, 4) is 0 Å². The number of halogens is 2. The number of benzene rings is 2. The van der Waals surface area contributed by atoms with E-state index >= 15 is 0 Å². The van der Waals surface area contributed by atoms with E-state index in [0.29, 0.717) is 10.6 Å². The molecule has 2 rings (SSSR count). The van der Waals surface area contributed by atoms with Gasteiger partial charge in [-0.25, -0.2) is 4.39 Å². The summed E-state index contributed by atoms with van der Waals surface area (Å²) in [6, 6.07) is 12.0. The van der Waals surface area contributed by atoms with Crippen LogP contribution < -0.4 is 5.32 Å². The summed E-state index contributed by atoms with van der Waals surface area (Å²) < 4.78 is 17.6. The van der Waals surface area contributed by atoms with Crippen LogP contribution in [0.4, 0.5) is 4.39 Å². The van der Waals surface area contributed by atoms with Crippen molar-refractivity contribution in [2.45, 2.75) is 18.9 Å². The van der Waals surface area contributed by atoms with Crippen molar-refractivity contribution in [1.82, 2.24) is 5.32 Å². The Bertz CT molecular complexity index is 701. The molecule has 2 aromatic carbocycles. The van der Waals surface area contributed by atoms with Crippen molar-refractivity contribution in [1.29, 1.82) is 0 Å². The Morgan fingerprint density at radius 3 is 2.33 bits per heavy atom. The molecule has 4 nitrogen and oxygen atoms in total. The molecule has 24 heavy (non-hydrogen) atoms. The van der Waals surface area contributed by atoms with Crippen LogP contribution in [0.1, 0.15) is 23.6 Å². The van der Waals surface area contributed by atoms with Crippen LogP contribution in [0.3, 0.4) is 0 Å². The molecule has 0 spiro atoms. The fourth-order valence-electron chi connectivity index (χ4n) is 2.23. The normalized spacial score (nSPS) is 11.6. The van der Waals surface area contributed by atoms with E-state index in [0.717, 1.165) is 5.56 Å². The Morgan fingerprint density at radius 2 is 1.75 bits per heavy atom. The first-order valence-corrected chi connectivity index (χ1v) is 7.72. The third kappa shape index (κ3) is 5.35. The molecule has 0 radical (unpaired) electrons. The number of amides is 1. The van der Waals surface area contributed by atoms with Crippen LogP contribution in [0.15, 0.2) is 48.5 Å². The highest BCUT2D eigenvalue weighted by molar-refractivity contribution is 6.30. The lowest BCUT2D eigenvalue weighted by molar-refractivity contribution is -0.141. The molecule has 6 heteroatoms. The van der Waals surface area contributed by atoms with Crippen LogP contribution >= 0.6 is 11.6 Å². The topological polar surface area (TPSA) is 55.4 Å². The van der Waals surface area contributed by atoms with Crippen LogP contribution in [0.5, 0.6) is 0 Å². The average Bonchev–Trinajstić information content (AvgIpc) is 2.57. The number of methoxy groups -OCH3 is 1. The minimum Gasteiger partial charge on any atom is -0.469 e. The monoisotopic (exact) mass is 349 g/mol. The maximum atomic E-state index is 12.9. The van der Waals surface area contributed by atoms with Gasteiger partial charge in [-0.15, -0.1) is 0 Å². The van der Waals surface area contributed by atoms with Gasteiger partial charge in [0, 0.05) is 5.02 Å². The first-order valence-electron chi connectivity index (χ1n) is 7.34. The summed E-state index contributed by atoms with van der Waals surface area (Å²) in [6.45, 7) is 0. The molecule has 1 amide bonds. The van der Waals surface area contributed by atoms with Crippen molar-refractivity contribution < 1.29 is 18.7 Å². The maximum absolute atomic E-state index is 12.9. The van der Waals surface area contributed by atoms with Gasteiger partial charge in [0.25, 0.3) is 0 Å². The third-order valence-corrected chi connectivity index (χ3v) is 3.74. The largest absolute Gasteiger partial charge is 0.469 e. The number of hydrogen-bond acceptors (Lipinski definition) is 3. The lowest BCUT2D eigenvalue weighted by Crippen LogP contribution is -2.31. The number of rotatable bonds is 6. The summed E-state index contributed by atoms with van der Waals surface area (Å²) in [5.74, 6) is -1.06. The minimum atomic E-state index is -0.525. The van der Waals surface area contributed by atoms with Crippen molar-refractivity contribution >= 4 is 23.5 Å². The third-order valence-electron chi connectivity index (χ3n) is 3.48. The predicted octanol–water partition coefficient (Wildman–Crippen LogP) is 3.44. The van der Waals surface area contributed by atoms with E-state index in [1.54, 1.807) is 36.4 Å². The second-order valence-electron chi connectivity index (χ2n) is 5.26. The highest BCUT2D eigenvalue weighted by Gasteiger charge is 2.19. The molecular weight excluding hydrogens is 333 g/mol. The number of esters is 1. The van der Waals surface area contributed by atoms with Gasteiger partial charge in [0.2, 0.25) is 5.91 Å². The van der Waals surface area contributed by atoms with Crippen LogP contribution in [0, 0.1) is 5.82 Å². The zero-order chi connectivity index (χ0) is 17.5. The number of nitrogens with one attached hydrogen (secondary N) is 1. The summed E-state index contributed by atoms with van der Waals surface area (Å²) in [7, 11) is 1.29. The van der Waals surface area contributed by atoms with E-state index < -0.39 is 12.0 Å². The first kappa shape index (κ1) is 17.9. The quantitative estimate of drug-likeness (QED) is 0.813. The lowest BCUT2D eigenvalue weighted by Gasteiger charge is -2.18. The average molecular weight is 350 g/mol. The van der Waals surface area contributed by atoms with Gasteiger partial charge in [-0.05, 0) is 35.4 Å². The van der Waals surface area contributed by atoms with Crippen molar-refractivity contribution in [2.75, 3.05) is 7.11 Å². The molecule has 2 aromatic rings. The van der Waals surface area contributed by atoms with Crippen LogP contribution in [0.2, 0.25) is 5.02 Å². The summed E-state index contributed by atoms with van der Waals surface area (Å²) in [6.07, 6.45) is 0.0961. The van der Waals surface area contributed by atoms with Gasteiger partial charge >= 0.3 is 5.97 Å². The Balaban J connectivity index is 2.08. The molecule has 126 valence electrons. The smallest absolute Gasteiger partial charge is 0.307 e. The molecular formula is C18H17ClFNO3. The van der Waals surface area contributed by atoms with Crippen molar-refractivity contribution in [3.63, 3.8) is 0 Å². The van der Waals surface area contributed by atoms with Crippen LogP contribution in [-0.2, 0) is 20.7 Å². The van der Waals surface area contributed by atoms with E-state index in [1.165, 1.54) is 19.2 Å². The van der Waals surface area contributed by atoms with E-state index in [2.05, 4.69) is 10.1 Å². The molecule has 0 heterocycles. The number of carbonyl (C=O) groups is 2. The van der Waals surface area contributed by atoms with Crippen molar-refractivity contribution in [3.05, 3.63) is 70.5 Å². The lowest BCUT2D eigenvalue weighted by atomic mass is 10.0. The number of hydrogen-bond donors (Lipinski definition) is 1. The maximum Gasteiger partial charge on any atom is 0.307 e. The fraction of sp³-hybridized carbons (Fsp3) is 0.222. The van der Waals surface area contributed by atoms with E-state index in [-0.39, 0.29) is 24.6 Å². The molecule has 0 bridgehead atoms. The molecule has 0 aliphatic heterocycles. The molecule has 1 unspecified atom stereocenters. The van der Waals surface area contributed by atoms with Crippen LogP contribution in [-0.4, -0.2) is 19.0 Å². The molecule has 0 aliphatic carbocycles. The second kappa shape index (κ2) is 8.45. The van der Waals surface area contributed by atoms with Crippen LogP contribution in [0.25, 0.3) is 0 Å². The summed E-state index contributed by atoms with van der Waals surface area (Å²) in [4.78, 5) is 23.8. The first-order chi connectivity index (χ1) is 11.5. The Kier molecular flexibility index (Phi) is 6.32. The molecule has 0 saturated carbocycles. The SMILES string of the molecule is COC(=O)CC(NC(=O)Cc1ccc(F)cc1)c1ccc(Cl)cc1. The highest BCUT2D eigenvalue weighted by Crippen LogP contribution is 2.20. The Hall–Kier alpha value is -2.40. The Labute approximate surface area is 144 Å². The molecule has 0 saturated heterocycles. The van der Waals surface area contributed by atoms with Gasteiger partial charge in [0.05, 0.1) is 26.0 Å². The van der Waals surface area contributed by atoms with Gasteiger partial charge in [0.15, 0.2) is 0 Å². The van der Waals surface area contributed by atoms with E-state index in [9.17, 15) is 14.0 Å². The Morgan fingerprint density at radius 1 is 1.12 bits per heavy atom.